The Balaban J connectivity index is 2.21. The van der Waals surface area contributed by atoms with Gasteiger partial charge in [-0.3, -0.25) is 4.79 Å². The van der Waals surface area contributed by atoms with Crippen molar-refractivity contribution in [2.75, 3.05) is 19.7 Å². The molecule has 0 fully saturated rings. The number of carbonyl (C=O) groups excluding carboxylic acids is 1. The average Bonchev–Trinajstić information content (AvgIpc) is 2.45. The molecule has 1 aromatic rings. The van der Waals surface area contributed by atoms with Crippen LogP contribution in [0.5, 0.6) is 5.75 Å². The van der Waals surface area contributed by atoms with Crippen LogP contribution in [-0.4, -0.2) is 36.5 Å². The first-order valence-electron chi connectivity index (χ1n) is 7.42. The average molecular weight is 357 g/mol. The van der Waals surface area contributed by atoms with Crippen LogP contribution in [0.25, 0.3) is 0 Å². The molecule has 4 nitrogen and oxygen atoms in total. The summed E-state index contributed by atoms with van der Waals surface area (Å²) in [6, 6.07) is 7.96. The lowest BCUT2D eigenvalue weighted by Gasteiger charge is -2.26. The van der Waals surface area contributed by atoms with Gasteiger partial charge in [-0.25, -0.2) is 0 Å². The van der Waals surface area contributed by atoms with Gasteiger partial charge < -0.3 is 15.4 Å². The Morgan fingerprint density at radius 2 is 1.95 bits per heavy atom. The first kappa shape index (κ1) is 18.0. The zero-order valence-corrected chi connectivity index (χ0v) is 14.4. The summed E-state index contributed by atoms with van der Waals surface area (Å²) < 4.78 is 6.67. The third-order valence-electron chi connectivity index (χ3n) is 3.18. The standard InChI is InChI=1S/C16H25BrN2O2/c1-13(2)19(11-10-18)16(20)5-3-4-12-21-15-8-6-14(17)7-9-15/h6-9,13H,3-5,10-12,18H2,1-2H3. The zero-order chi connectivity index (χ0) is 15.7. The second-order valence-corrected chi connectivity index (χ2v) is 6.14. The number of hydrogen-bond acceptors (Lipinski definition) is 3. The van der Waals surface area contributed by atoms with Gasteiger partial charge in [0.1, 0.15) is 5.75 Å². The topological polar surface area (TPSA) is 55.6 Å². The molecule has 21 heavy (non-hydrogen) atoms. The predicted octanol–water partition coefficient (Wildman–Crippen LogP) is 3.19. The lowest BCUT2D eigenvalue weighted by Crippen LogP contribution is -2.40. The van der Waals surface area contributed by atoms with Crippen LogP contribution < -0.4 is 10.5 Å². The number of nitrogens with two attached hydrogens (primary N) is 1. The van der Waals surface area contributed by atoms with Crippen LogP contribution in [0.3, 0.4) is 0 Å². The number of hydrogen-bond donors (Lipinski definition) is 1. The highest BCUT2D eigenvalue weighted by Crippen LogP contribution is 2.16. The van der Waals surface area contributed by atoms with E-state index in [1.165, 1.54) is 0 Å². The first-order chi connectivity index (χ1) is 10.0. The number of amides is 1. The molecular formula is C16H25BrN2O2. The van der Waals surface area contributed by atoms with Crippen molar-refractivity contribution in [3.8, 4) is 5.75 Å². The Morgan fingerprint density at radius 3 is 2.52 bits per heavy atom. The molecular weight excluding hydrogens is 332 g/mol. The highest BCUT2D eigenvalue weighted by Gasteiger charge is 2.15. The number of rotatable bonds is 9. The van der Waals surface area contributed by atoms with Crippen molar-refractivity contribution in [2.45, 2.75) is 39.2 Å². The molecule has 0 heterocycles. The van der Waals surface area contributed by atoms with Crippen molar-refractivity contribution in [3.05, 3.63) is 28.7 Å². The number of benzene rings is 1. The lowest BCUT2D eigenvalue weighted by atomic mass is 10.2. The highest BCUT2D eigenvalue weighted by atomic mass is 79.9. The van der Waals surface area contributed by atoms with E-state index >= 15 is 0 Å². The van der Waals surface area contributed by atoms with Gasteiger partial charge in [0.15, 0.2) is 0 Å². The zero-order valence-electron chi connectivity index (χ0n) is 12.8. The maximum absolute atomic E-state index is 12.1. The van der Waals surface area contributed by atoms with Crippen molar-refractivity contribution in [1.82, 2.24) is 4.90 Å². The Labute approximate surface area is 135 Å². The molecule has 1 rings (SSSR count). The van der Waals surface area contributed by atoms with E-state index in [2.05, 4.69) is 15.9 Å². The molecule has 0 aromatic heterocycles. The van der Waals surface area contributed by atoms with E-state index < -0.39 is 0 Å². The minimum Gasteiger partial charge on any atom is -0.494 e. The molecule has 0 saturated carbocycles. The summed E-state index contributed by atoms with van der Waals surface area (Å²) in [7, 11) is 0. The number of halogens is 1. The summed E-state index contributed by atoms with van der Waals surface area (Å²) in [5, 5.41) is 0. The van der Waals surface area contributed by atoms with Gasteiger partial charge in [0.25, 0.3) is 0 Å². The number of unbranched alkanes of at least 4 members (excludes halogenated alkanes) is 1. The van der Waals surface area contributed by atoms with Crippen LogP contribution >= 0.6 is 15.9 Å². The fourth-order valence-corrected chi connectivity index (χ4v) is 2.32. The Morgan fingerprint density at radius 1 is 1.29 bits per heavy atom. The van der Waals surface area contributed by atoms with Gasteiger partial charge in [0.05, 0.1) is 6.61 Å². The molecule has 0 bridgehead atoms. The van der Waals surface area contributed by atoms with E-state index in [9.17, 15) is 4.79 Å². The molecule has 118 valence electrons. The largest absolute Gasteiger partial charge is 0.494 e. The molecule has 0 spiro atoms. The van der Waals surface area contributed by atoms with E-state index in [0.717, 1.165) is 23.1 Å². The van der Waals surface area contributed by atoms with Gasteiger partial charge in [-0.05, 0) is 51.0 Å². The van der Waals surface area contributed by atoms with Gasteiger partial charge in [-0.15, -0.1) is 0 Å². The summed E-state index contributed by atoms with van der Waals surface area (Å²) >= 11 is 3.39. The third kappa shape index (κ3) is 6.96. The second-order valence-electron chi connectivity index (χ2n) is 5.23. The molecule has 1 amide bonds. The Hall–Kier alpha value is -1.07. The molecule has 0 radical (unpaired) electrons. The van der Waals surface area contributed by atoms with Crippen molar-refractivity contribution in [1.29, 1.82) is 0 Å². The lowest BCUT2D eigenvalue weighted by molar-refractivity contribution is -0.132. The summed E-state index contributed by atoms with van der Waals surface area (Å²) in [6.45, 7) is 5.81. The molecule has 0 saturated heterocycles. The maximum Gasteiger partial charge on any atom is 0.222 e. The van der Waals surface area contributed by atoms with Gasteiger partial charge >= 0.3 is 0 Å². The number of carbonyl (C=O) groups is 1. The molecule has 0 aliphatic rings. The SMILES string of the molecule is CC(C)N(CCN)C(=O)CCCCOc1ccc(Br)cc1. The monoisotopic (exact) mass is 356 g/mol. The molecule has 0 aliphatic carbocycles. The summed E-state index contributed by atoms with van der Waals surface area (Å²) in [5.41, 5.74) is 5.54. The molecule has 5 heteroatoms. The van der Waals surface area contributed by atoms with Crippen molar-refractivity contribution in [3.63, 3.8) is 0 Å². The van der Waals surface area contributed by atoms with Crippen molar-refractivity contribution in [2.24, 2.45) is 5.73 Å². The van der Waals surface area contributed by atoms with E-state index in [-0.39, 0.29) is 11.9 Å². The van der Waals surface area contributed by atoms with Crippen molar-refractivity contribution < 1.29 is 9.53 Å². The van der Waals surface area contributed by atoms with Gasteiger partial charge in [-0.2, -0.15) is 0 Å². The Kier molecular flexibility index (Phi) is 8.38. The van der Waals surface area contributed by atoms with Crippen LogP contribution in [0.15, 0.2) is 28.7 Å². The fourth-order valence-electron chi connectivity index (χ4n) is 2.05. The van der Waals surface area contributed by atoms with Gasteiger partial charge in [0.2, 0.25) is 5.91 Å². The van der Waals surface area contributed by atoms with Crippen LogP contribution in [0, 0.1) is 0 Å². The maximum atomic E-state index is 12.1. The summed E-state index contributed by atoms with van der Waals surface area (Å²) in [5.74, 6) is 1.04. The van der Waals surface area contributed by atoms with E-state index in [4.69, 9.17) is 10.5 Å². The highest BCUT2D eigenvalue weighted by molar-refractivity contribution is 9.10. The van der Waals surface area contributed by atoms with Crippen LogP contribution in [0.2, 0.25) is 0 Å². The molecule has 2 N–H and O–H groups in total. The minimum atomic E-state index is 0.180. The summed E-state index contributed by atoms with van der Waals surface area (Å²) in [6.07, 6.45) is 2.27. The number of ether oxygens (including phenoxy) is 1. The number of nitrogens with zero attached hydrogens (tertiary/aromatic N) is 1. The third-order valence-corrected chi connectivity index (χ3v) is 3.71. The predicted molar refractivity (Wildman–Crippen MR) is 89.4 cm³/mol. The Bertz CT molecular complexity index is 421. The van der Waals surface area contributed by atoms with E-state index in [0.29, 0.717) is 26.1 Å². The fraction of sp³-hybridized carbons (Fsp3) is 0.562. The van der Waals surface area contributed by atoms with Crippen LogP contribution in [0.4, 0.5) is 0 Å². The second kappa shape index (κ2) is 9.79. The van der Waals surface area contributed by atoms with Gasteiger partial charge in [0, 0.05) is 30.0 Å². The van der Waals surface area contributed by atoms with Gasteiger partial charge in [-0.1, -0.05) is 15.9 Å². The van der Waals surface area contributed by atoms with Crippen molar-refractivity contribution >= 4 is 21.8 Å². The van der Waals surface area contributed by atoms with Crippen LogP contribution in [0.1, 0.15) is 33.1 Å². The smallest absolute Gasteiger partial charge is 0.222 e. The molecule has 0 unspecified atom stereocenters. The van der Waals surface area contributed by atoms with E-state index in [1.54, 1.807) is 0 Å². The quantitative estimate of drug-likeness (QED) is 0.691. The molecule has 0 aliphatic heterocycles. The summed E-state index contributed by atoms with van der Waals surface area (Å²) in [4.78, 5) is 13.9. The first-order valence-corrected chi connectivity index (χ1v) is 8.21. The van der Waals surface area contributed by atoms with E-state index in [1.807, 2.05) is 43.0 Å². The minimum absolute atomic E-state index is 0.180. The van der Waals surface area contributed by atoms with Crippen LogP contribution in [-0.2, 0) is 4.79 Å². The normalized spacial score (nSPS) is 10.7. The molecule has 1 aromatic carbocycles. The molecule has 0 atom stereocenters.